The first-order chi connectivity index (χ1) is 9.30. The zero-order chi connectivity index (χ0) is 13.2. The highest BCUT2D eigenvalue weighted by Gasteiger charge is 2.27. The standard InChI is InChI=1S/C14H19N5/c1-3-15-13-7-12(11-8-16-19(4-2)9-11)17-14(18-13)10-5-6-10/h7-10H,3-6H2,1-2H3,(H,15,17,18). The van der Waals surface area contributed by atoms with Gasteiger partial charge in [0.2, 0.25) is 0 Å². The second kappa shape index (κ2) is 4.99. The molecule has 0 unspecified atom stereocenters. The third-order valence-corrected chi connectivity index (χ3v) is 3.30. The lowest BCUT2D eigenvalue weighted by Gasteiger charge is -2.07. The highest BCUT2D eigenvalue weighted by Crippen LogP contribution is 2.39. The SMILES string of the molecule is CCNc1cc(-c2cnn(CC)c2)nc(C2CC2)n1. The summed E-state index contributed by atoms with van der Waals surface area (Å²) in [5.74, 6) is 2.44. The molecule has 1 aliphatic rings. The zero-order valence-corrected chi connectivity index (χ0v) is 11.4. The summed E-state index contributed by atoms with van der Waals surface area (Å²) in [6, 6.07) is 2.01. The topological polar surface area (TPSA) is 55.6 Å². The van der Waals surface area contributed by atoms with E-state index in [1.54, 1.807) is 0 Å². The van der Waals surface area contributed by atoms with Crippen molar-refractivity contribution in [3.63, 3.8) is 0 Å². The average Bonchev–Trinajstić information content (AvgIpc) is 3.16. The van der Waals surface area contributed by atoms with Crippen molar-refractivity contribution in [2.45, 2.75) is 39.2 Å². The molecule has 0 radical (unpaired) electrons. The summed E-state index contributed by atoms with van der Waals surface area (Å²) in [4.78, 5) is 9.28. The van der Waals surface area contributed by atoms with Crippen LogP contribution < -0.4 is 5.32 Å². The Kier molecular flexibility index (Phi) is 3.19. The molecule has 100 valence electrons. The van der Waals surface area contributed by atoms with E-state index in [4.69, 9.17) is 4.98 Å². The van der Waals surface area contributed by atoms with Gasteiger partial charge >= 0.3 is 0 Å². The van der Waals surface area contributed by atoms with Gasteiger partial charge in [0.15, 0.2) is 0 Å². The van der Waals surface area contributed by atoms with Crippen LogP contribution in [-0.4, -0.2) is 26.3 Å². The first-order valence-corrected chi connectivity index (χ1v) is 6.95. The van der Waals surface area contributed by atoms with Crippen LogP contribution >= 0.6 is 0 Å². The van der Waals surface area contributed by atoms with E-state index in [2.05, 4.69) is 29.2 Å². The molecule has 0 bridgehead atoms. The normalized spacial score (nSPS) is 14.6. The summed E-state index contributed by atoms with van der Waals surface area (Å²) >= 11 is 0. The third kappa shape index (κ3) is 2.59. The Morgan fingerprint density at radius 3 is 2.79 bits per heavy atom. The molecule has 19 heavy (non-hydrogen) atoms. The Morgan fingerprint density at radius 1 is 1.32 bits per heavy atom. The minimum Gasteiger partial charge on any atom is -0.370 e. The smallest absolute Gasteiger partial charge is 0.134 e. The van der Waals surface area contributed by atoms with E-state index in [0.717, 1.165) is 36.0 Å². The molecule has 1 aliphatic carbocycles. The lowest BCUT2D eigenvalue weighted by Crippen LogP contribution is -2.04. The lowest BCUT2D eigenvalue weighted by atomic mass is 10.2. The number of aromatic nitrogens is 4. The van der Waals surface area contributed by atoms with Crippen LogP contribution in [-0.2, 0) is 6.54 Å². The Balaban J connectivity index is 1.98. The maximum Gasteiger partial charge on any atom is 0.134 e. The van der Waals surface area contributed by atoms with Crippen LogP contribution in [0.5, 0.6) is 0 Å². The second-order valence-electron chi connectivity index (χ2n) is 4.89. The molecular formula is C14H19N5. The summed E-state index contributed by atoms with van der Waals surface area (Å²) in [6.07, 6.45) is 6.33. The minimum atomic E-state index is 0.554. The number of aryl methyl sites for hydroxylation is 1. The van der Waals surface area contributed by atoms with E-state index < -0.39 is 0 Å². The van der Waals surface area contributed by atoms with Gasteiger partial charge in [0.05, 0.1) is 11.9 Å². The van der Waals surface area contributed by atoms with Gasteiger partial charge in [0.1, 0.15) is 11.6 Å². The van der Waals surface area contributed by atoms with E-state index >= 15 is 0 Å². The van der Waals surface area contributed by atoms with Gasteiger partial charge in [-0.25, -0.2) is 9.97 Å². The molecule has 2 aromatic rings. The second-order valence-corrected chi connectivity index (χ2v) is 4.89. The maximum atomic E-state index is 4.69. The molecule has 0 amide bonds. The molecular weight excluding hydrogens is 238 g/mol. The number of nitrogens with one attached hydrogen (secondary N) is 1. The predicted octanol–water partition coefficient (Wildman–Crippen LogP) is 2.67. The van der Waals surface area contributed by atoms with E-state index in [-0.39, 0.29) is 0 Å². The monoisotopic (exact) mass is 257 g/mol. The summed E-state index contributed by atoms with van der Waals surface area (Å²) < 4.78 is 1.92. The fraction of sp³-hybridized carbons (Fsp3) is 0.500. The quantitative estimate of drug-likeness (QED) is 0.894. The molecule has 1 fully saturated rings. The van der Waals surface area contributed by atoms with Gasteiger partial charge in [0.25, 0.3) is 0 Å². The number of rotatable bonds is 5. The summed E-state index contributed by atoms with van der Waals surface area (Å²) in [5.41, 5.74) is 2.03. The molecule has 0 atom stereocenters. The van der Waals surface area contributed by atoms with Crippen LogP contribution in [0.15, 0.2) is 18.5 Å². The van der Waals surface area contributed by atoms with Crippen LogP contribution in [0, 0.1) is 0 Å². The molecule has 1 N–H and O–H groups in total. The summed E-state index contributed by atoms with van der Waals surface area (Å²) in [5, 5.41) is 7.60. The van der Waals surface area contributed by atoms with Gasteiger partial charge in [-0.15, -0.1) is 0 Å². The van der Waals surface area contributed by atoms with Crippen molar-refractivity contribution in [1.82, 2.24) is 19.7 Å². The molecule has 5 nitrogen and oxygen atoms in total. The number of hydrogen-bond acceptors (Lipinski definition) is 4. The van der Waals surface area contributed by atoms with E-state index in [1.165, 1.54) is 12.8 Å². The molecule has 5 heteroatoms. The highest BCUT2D eigenvalue weighted by atomic mass is 15.3. The van der Waals surface area contributed by atoms with Crippen molar-refractivity contribution in [3.05, 3.63) is 24.3 Å². The van der Waals surface area contributed by atoms with Crippen molar-refractivity contribution in [1.29, 1.82) is 0 Å². The van der Waals surface area contributed by atoms with Crippen molar-refractivity contribution in [2.24, 2.45) is 0 Å². The molecule has 0 aliphatic heterocycles. The van der Waals surface area contributed by atoms with E-state index in [1.807, 2.05) is 23.1 Å². The van der Waals surface area contributed by atoms with Gasteiger partial charge in [-0.2, -0.15) is 5.10 Å². The van der Waals surface area contributed by atoms with Gasteiger partial charge in [0, 0.05) is 36.8 Å². The molecule has 3 rings (SSSR count). The van der Waals surface area contributed by atoms with Gasteiger partial charge in [-0.05, 0) is 26.7 Å². The summed E-state index contributed by atoms with van der Waals surface area (Å²) in [7, 11) is 0. The molecule has 0 aromatic carbocycles. The number of nitrogens with zero attached hydrogens (tertiary/aromatic N) is 4. The molecule has 0 saturated heterocycles. The minimum absolute atomic E-state index is 0.554. The first-order valence-electron chi connectivity index (χ1n) is 6.95. The van der Waals surface area contributed by atoms with Crippen LogP contribution in [0.1, 0.15) is 38.4 Å². The fourth-order valence-corrected chi connectivity index (χ4v) is 2.08. The van der Waals surface area contributed by atoms with Crippen LogP contribution in [0.3, 0.4) is 0 Å². The number of hydrogen-bond donors (Lipinski definition) is 1. The number of anilines is 1. The Morgan fingerprint density at radius 2 is 2.16 bits per heavy atom. The van der Waals surface area contributed by atoms with Gasteiger partial charge in [-0.1, -0.05) is 0 Å². The van der Waals surface area contributed by atoms with Crippen molar-refractivity contribution < 1.29 is 0 Å². The van der Waals surface area contributed by atoms with Crippen LogP contribution in [0.4, 0.5) is 5.82 Å². The van der Waals surface area contributed by atoms with E-state index in [0.29, 0.717) is 5.92 Å². The largest absolute Gasteiger partial charge is 0.370 e. The molecule has 0 spiro atoms. The first kappa shape index (κ1) is 12.1. The molecule has 2 aromatic heterocycles. The maximum absolute atomic E-state index is 4.69. The third-order valence-electron chi connectivity index (χ3n) is 3.30. The van der Waals surface area contributed by atoms with Crippen LogP contribution in [0.2, 0.25) is 0 Å². The molecule has 1 saturated carbocycles. The average molecular weight is 257 g/mol. The van der Waals surface area contributed by atoms with Crippen molar-refractivity contribution in [3.8, 4) is 11.3 Å². The predicted molar refractivity (Wildman–Crippen MR) is 75.1 cm³/mol. The van der Waals surface area contributed by atoms with E-state index in [9.17, 15) is 0 Å². The van der Waals surface area contributed by atoms with Gasteiger partial charge in [-0.3, -0.25) is 4.68 Å². The Bertz CT molecular complexity index is 571. The van der Waals surface area contributed by atoms with Gasteiger partial charge < -0.3 is 5.32 Å². The summed E-state index contributed by atoms with van der Waals surface area (Å²) in [6.45, 7) is 5.90. The van der Waals surface area contributed by atoms with Crippen molar-refractivity contribution in [2.75, 3.05) is 11.9 Å². The Hall–Kier alpha value is -1.91. The fourth-order valence-electron chi connectivity index (χ4n) is 2.08. The Labute approximate surface area is 113 Å². The van der Waals surface area contributed by atoms with Crippen molar-refractivity contribution >= 4 is 5.82 Å². The highest BCUT2D eigenvalue weighted by molar-refractivity contribution is 5.61. The zero-order valence-electron chi connectivity index (χ0n) is 11.4. The molecule has 2 heterocycles. The lowest BCUT2D eigenvalue weighted by molar-refractivity contribution is 0.660. The van der Waals surface area contributed by atoms with Crippen LogP contribution in [0.25, 0.3) is 11.3 Å².